The zero-order valence-corrected chi connectivity index (χ0v) is 10.3. The molecule has 2 rings (SSSR count). The van der Waals surface area contributed by atoms with Crippen molar-refractivity contribution in [3.8, 4) is 0 Å². The van der Waals surface area contributed by atoms with Crippen LogP contribution in [-0.2, 0) is 15.1 Å². The summed E-state index contributed by atoms with van der Waals surface area (Å²) in [5, 5.41) is 0. The standard InChI is InChI=1S/C14H20O2/c1-11(2)9-13-15-10-14(3,16-13)12-7-5-4-6-8-12/h4-8,11,13H,9-10H2,1-3H3/t13-,14-/m0/s1. The summed E-state index contributed by atoms with van der Waals surface area (Å²) in [4.78, 5) is 0. The highest BCUT2D eigenvalue weighted by atomic mass is 16.7. The average Bonchev–Trinajstić information content (AvgIpc) is 2.62. The van der Waals surface area contributed by atoms with Crippen LogP contribution in [0.1, 0.15) is 32.8 Å². The van der Waals surface area contributed by atoms with Crippen LogP contribution in [0.2, 0.25) is 0 Å². The van der Waals surface area contributed by atoms with E-state index in [0.717, 1.165) is 6.42 Å². The Bertz CT molecular complexity index is 334. The molecule has 1 aliphatic heterocycles. The summed E-state index contributed by atoms with van der Waals surface area (Å²) in [5.41, 5.74) is 0.919. The molecule has 0 radical (unpaired) electrons. The molecule has 88 valence electrons. The highest BCUT2D eigenvalue weighted by Crippen LogP contribution is 2.34. The van der Waals surface area contributed by atoms with E-state index < -0.39 is 0 Å². The summed E-state index contributed by atoms with van der Waals surface area (Å²) in [6.07, 6.45) is 0.910. The van der Waals surface area contributed by atoms with Gasteiger partial charge in [0.1, 0.15) is 5.60 Å². The Kier molecular flexibility index (Phi) is 3.31. The molecule has 16 heavy (non-hydrogen) atoms. The summed E-state index contributed by atoms with van der Waals surface area (Å²) >= 11 is 0. The van der Waals surface area contributed by atoms with Gasteiger partial charge in [-0.25, -0.2) is 0 Å². The van der Waals surface area contributed by atoms with Crippen molar-refractivity contribution in [2.45, 2.75) is 39.1 Å². The Morgan fingerprint density at radius 3 is 2.62 bits per heavy atom. The minimum absolute atomic E-state index is 0.0507. The van der Waals surface area contributed by atoms with Crippen molar-refractivity contribution in [3.63, 3.8) is 0 Å². The van der Waals surface area contributed by atoms with Crippen molar-refractivity contribution in [2.24, 2.45) is 5.92 Å². The number of rotatable bonds is 3. The lowest BCUT2D eigenvalue weighted by atomic mass is 9.97. The lowest BCUT2D eigenvalue weighted by molar-refractivity contribution is -0.0954. The molecule has 1 saturated heterocycles. The van der Waals surface area contributed by atoms with E-state index in [1.165, 1.54) is 5.56 Å². The molecule has 1 fully saturated rings. The maximum Gasteiger partial charge on any atom is 0.159 e. The van der Waals surface area contributed by atoms with Crippen LogP contribution in [0.5, 0.6) is 0 Å². The molecule has 2 nitrogen and oxygen atoms in total. The molecule has 0 amide bonds. The highest BCUT2D eigenvalue weighted by Gasteiger charge is 2.38. The molecule has 0 N–H and O–H groups in total. The minimum Gasteiger partial charge on any atom is -0.349 e. The van der Waals surface area contributed by atoms with Crippen LogP contribution in [0.25, 0.3) is 0 Å². The summed E-state index contributed by atoms with van der Waals surface area (Å²) in [5.74, 6) is 0.600. The first-order valence-corrected chi connectivity index (χ1v) is 5.95. The first-order valence-electron chi connectivity index (χ1n) is 5.95. The first-order chi connectivity index (χ1) is 7.60. The van der Waals surface area contributed by atoms with Gasteiger partial charge in [-0.3, -0.25) is 0 Å². The normalized spacial score (nSPS) is 29.9. The van der Waals surface area contributed by atoms with Gasteiger partial charge in [-0.2, -0.15) is 0 Å². The predicted octanol–water partition coefficient (Wildman–Crippen LogP) is 3.32. The van der Waals surface area contributed by atoms with Crippen molar-refractivity contribution < 1.29 is 9.47 Å². The zero-order chi connectivity index (χ0) is 11.6. The van der Waals surface area contributed by atoms with E-state index in [9.17, 15) is 0 Å². The Labute approximate surface area is 97.6 Å². The minimum atomic E-state index is -0.277. The highest BCUT2D eigenvalue weighted by molar-refractivity contribution is 5.22. The molecule has 1 aliphatic rings. The fourth-order valence-corrected chi connectivity index (χ4v) is 2.05. The molecule has 1 aromatic rings. The SMILES string of the molecule is CC(C)C[C@H]1OC[C@@](C)(c2ccccc2)O1. The summed E-state index contributed by atoms with van der Waals surface area (Å²) in [6.45, 7) is 7.12. The molecule has 1 aromatic carbocycles. The Hall–Kier alpha value is -0.860. The first kappa shape index (κ1) is 11.6. The second kappa shape index (κ2) is 4.56. The smallest absolute Gasteiger partial charge is 0.159 e. The summed E-state index contributed by atoms with van der Waals surface area (Å²) in [7, 11) is 0. The van der Waals surface area contributed by atoms with Crippen molar-refractivity contribution >= 4 is 0 Å². The second-order valence-corrected chi connectivity index (χ2v) is 5.08. The Morgan fingerprint density at radius 1 is 1.31 bits per heavy atom. The third kappa shape index (κ3) is 2.45. The van der Waals surface area contributed by atoms with Crippen molar-refractivity contribution in [1.82, 2.24) is 0 Å². The lowest BCUT2D eigenvalue weighted by Crippen LogP contribution is -2.25. The Morgan fingerprint density at radius 2 is 2.00 bits per heavy atom. The van der Waals surface area contributed by atoms with Gasteiger partial charge in [0.2, 0.25) is 0 Å². The molecule has 2 atom stereocenters. The van der Waals surface area contributed by atoms with Gasteiger partial charge >= 0.3 is 0 Å². The number of ether oxygens (including phenoxy) is 2. The fraction of sp³-hybridized carbons (Fsp3) is 0.571. The topological polar surface area (TPSA) is 18.5 Å². The molecule has 0 spiro atoms. The second-order valence-electron chi connectivity index (χ2n) is 5.08. The monoisotopic (exact) mass is 220 g/mol. The maximum atomic E-state index is 6.02. The van der Waals surface area contributed by atoms with Crippen LogP contribution in [0.15, 0.2) is 30.3 Å². The molecule has 0 bridgehead atoms. The zero-order valence-electron chi connectivity index (χ0n) is 10.3. The lowest BCUT2D eigenvalue weighted by Gasteiger charge is -2.23. The predicted molar refractivity (Wildman–Crippen MR) is 64.1 cm³/mol. The van der Waals surface area contributed by atoms with Crippen LogP contribution in [0.4, 0.5) is 0 Å². The van der Waals surface area contributed by atoms with Gasteiger partial charge in [-0.15, -0.1) is 0 Å². The molecule has 2 heteroatoms. The van der Waals surface area contributed by atoms with E-state index in [1.54, 1.807) is 0 Å². The summed E-state index contributed by atoms with van der Waals surface area (Å²) < 4.78 is 11.7. The van der Waals surface area contributed by atoms with Gasteiger partial charge in [0.15, 0.2) is 6.29 Å². The molecule has 0 unspecified atom stereocenters. The number of hydrogen-bond acceptors (Lipinski definition) is 2. The van der Waals surface area contributed by atoms with Gasteiger partial charge in [-0.05, 0) is 18.4 Å². The van der Waals surface area contributed by atoms with E-state index in [0.29, 0.717) is 12.5 Å². The van der Waals surface area contributed by atoms with Gasteiger partial charge in [0.05, 0.1) is 6.61 Å². The summed E-state index contributed by atoms with van der Waals surface area (Å²) in [6, 6.07) is 10.3. The van der Waals surface area contributed by atoms with E-state index in [4.69, 9.17) is 9.47 Å². The van der Waals surface area contributed by atoms with E-state index >= 15 is 0 Å². The van der Waals surface area contributed by atoms with Crippen molar-refractivity contribution in [2.75, 3.05) is 6.61 Å². The molecule has 1 heterocycles. The van der Waals surface area contributed by atoms with Crippen LogP contribution < -0.4 is 0 Å². The average molecular weight is 220 g/mol. The van der Waals surface area contributed by atoms with Crippen molar-refractivity contribution in [3.05, 3.63) is 35.9 Å². The van der Waals surface area contributed by atoms with Crippen molar-refractivity contribution in [1.29, 1.82) is 0 Å². The Balaban J connectivity index is 2.06. The van der Waals surface area contributed by atoms with Crippen LogP contribution in [0.3, 0.4) is 0 Å². The third-order valence-corrected chi connectivity index (χ3v) is 2.98. The maximum absolute atomic E-state index is 6.02. The van der Waals surface area contributed by atoms with Gasteiger partial charge in [0.25, 0.3) is 0 Å². The fourth-order valence-electron chi connectivity index (χ4n) is 2.05. The molecule has 0 aromatic heterocycles. The number of hydrogen-bond donors (Lipinski definition) is 0. The van der Waals surface area contributed by atoms with E-state index in [2.05, 4.69) is 32.9 Å². The van der Waals surface area contributed by atoms with Gasteiger partial charge in [0, 0.05) is 6.42 Å². The van der Waals surface area contributed by atoms with Gasteiger partial charge < -0.3 is 9.47 Å². The molecule has 0 saturated carbocycles. The molecular weight excluding hydrogens is 200 g/mol. The van der Waals surface area contributed by atoms with Crippen LogP contribution in [0, 0.1) is 5.92 Å². The largest absolute Gasteiger partial charge is 0.349 e. The van der Waals surface area contributed by atoms with Crippen LogP contribution >= 0.6 is 0 Å². The number of benzene rings is 1. The van der Waals surface area contributed by atoms with E-state index in [1.807, 2.05) is 18.2 Å². The van der Waals surface area contributed by atoms with Gasteiger partial charge in [-0.1, -0.05) is 44.2 Å². The quantitative estimate of drug-likeness (QED) is 0.778. The van der Waals surface area contributed by atoms with E-state index in [-0.39, 0.29) is 11.9 Å². The molecule has 0 aliphatic carbocycles. The molecular formula is C14H20O2. The van der Waals surface area contributed by atoms with Crippen LogP contribution in [-0.4, -0.2) is 12.9 Å². The third-order valence-electron chi connectivity index (χ3n) is 2.98.